The van der Waals surface area contributed by atoms with Crippen LogP contribution in [-0.2, 0) is 11.3 Å². The third-order valence-electron chi connectivity index (χ3n) is 3.00. The summed E-state index contributed by atoms with van der Waals surface area (Å²) in [5.41, 5.74) is 1.45. The highest BCUT2D eigenvalue weighted by molar-refractivity contribution is 5.95. The molecule has 4 heteroatoms. The minimum absolute atomic E-state index is 0.0718. The van der Waals surface area contributed by atoms with E-state index in [2.05, 4.69) is 22.9 Å². The Morgan fingerprint density at radius 2 is 1.75 bits per heavy atom. The van der Waals surface area contributed by atoms with Crippen molar-refractivity contribution >= 4 is 18.3 Å². The summed E-state index contributed by atoms with van der Waals surface area (Å²) in [6, 6.07) is 3.69. The Bertz CT molecular complexity index is 543. The molecule has 24 heavy (non-hydrogen) atoms. The number of pyridine rings is 1. The van der Waals surface area contributed by atoms with Crippen molar-refractivity contribution in [1.29, 1.82) is 0 Å². The number of aryl methyl sites for hydroxylation is 1. The van der Waals surface area contributed by atoms with E-state index in [0.717, 1.165) is 25.1 Å². The number of Topliss-reactive ketones (excluding diaryl/α,β-unsaturated/α-hetero) is 2. The molecule has 1 rings (SSSR count). The molecule has 132 valence electrons. The number of hydrogen-bond acceptors (Lipinski definition) is 2. The summed E-state index contributed by atoms with van der Waals surface area (Å²) < 4.78 is 2.06. The summed E-state index contributed by atoms with van der Waals surface area (Å²) in [6.45, 7) is 17.8. The first-order chi connectivity index (χ1) is 11.5. The van der Waals surface area contributed by atoms with E-state index in [1.165, 1.54) is 6.92 Å². The highest BCUT2D eigenvalue weighted by atomic mass is 16.1. The van der Waals surface area contributed by atoms with Gasteiger partial charge in [-0.3, -0.25) is 14.6 Å². The Hall–Kier alpha value is -2.36. The second kappa shape index (κ2) is 15.5. The fraction of sp³-hybridized carbons (Fsp3) is 0.400. The molecule has 4 nitrogen and oxygen atoms in total. The van der Waals surface area contributed by atoms with E-state index in [1.54, 1.807) is 19.1 Å². The van der Waals surface area contributed by atoms with E-state index in [9.17, 15) is 9.59 Å². The van der Waals surface area contributed by atoms with Gasteiger partial charge in [0.25, 0.3) is 0 Å². The summed E-state index contributed by atoms with van der Waals surface area (Å²) >= 11 is 0. The molecule has 0 aliphatic rings. The summed E-state index contributed by atoms with van der Waals surface area (Å²) in [5.74, 6) is 0.180. The van der Waals surface area contributed by atoms with Gasteiger partial charge in [-0.1, -0.05) is 32.6 Å². The number of ketones is 2. The second-order valence-electron chi connectivity index (χ2n) is 4.74. The quantitative estimate of drug-likeness (QED) is 0.208. The van der Waals surface area contributed by atoms with Crippen LogP contribution < -0.4 is 9.56 Å². The second-order valence-corrected chi connectivity index (χ2v) is 4.74. The lowest BCUT2D eigenvalue weighted by Gasteiger charge is -1.95. The molecule has 0 bridgehead atoms. The molecule has 0 aliphatic heterocycles. The number of carbonyl (C=O) groups is 2. The highest BCUT2D eigenvalue weighted by Gasteiger charge is 2.03. The van der Waals surface area contributed by atoms with Gasteiger partial charge < -0.3 is 0 Å². The summed E-state index contributed by atoms with van der Waals surface area (Å²) in [4.78, 5) is 24.3. The van der Waals surface area contributed by atoms with E-state index >= 15 is 0 Å². The number of hydrogen-bond donors (Lipinski definition) is 1. The zero-order chi connectivity index (χ0) is 19.0. The smallest absolute Gasteiger partial charge is 0.169 e. The van der Waals surface area contributed by atoms with Gasteiger partial charge in [0.15, 0.2) is 30.5 Å². The maximum atomic E-state index is 11.0. The van der Waals surface area contributed by atoms with Gasteiger partial charge in [-0.2, -0.15) is 0 Å². The number of allylic oxidation sites excluding steroid dienone is 3. The van der Waals surface area contributed by atoms with Crippen LogP contribution in [-0.4, -0.2) is 24.8 Å². The number of carbonyl (C=O) groups excluding carboxylic acids is 2. The summed E-state index contributed by atoms with van der Waals surface area (Å²) in [5, 5.41) is 0. The first kappa shape index (κ1) is 23.9. The van der Waals surface area contributed by atoms with Crippen LogP contribution in [0.25, 0.3) is 0 Å². The van der Waals surface area contributed by atoms with Crippen molar-refractivity contribution in [3.8, 4) is 0 Å². The lowest BCUT2D eigenvalue weighted by Crippen LogP contribution is -2.66. The van der Waals surface area contributed by atoms with E-state index in [-0.39, 0.29) is 11.6 Å². The standard InChI is InChI=1S/C11H15N2O.C7H10O.C2H6/c1-10(14)11-4-8-13(9-5-11)7-3-6-12-2;1-4-7(5-2)6(3)8;1-2/h4-5,8-9H,2-3,6-7H2,1H3;4-5H,1H2,2-3H3;1-2H3/q+1;;/p+1/b;7-5+;. The van der Waals surface area contributed by atoms with Crippen molar-refractivity contribution in [3.05, 3.63) is 54.4 Å². The van der Waals surface area contributed by atoms with Crippen molar-refractivity contribution in [3.63, 3.8) is 0 Å². The van der Waals surface area contributed by atoms with E-state index < -0.39 is 0 Å². The molecule has 0 radical (unpaired) electrons. The van der Waals surface area contributed by atoms with Crippen molar-refractivity contribution in [1.82, 2.24) is 0 Å². The number of nitrogens with zero attached hydrogens (tertiary/aromatic N) is 1. The molecule has 1 N–H and O–H groups in total. The molecule has 0 unspecified atom stereocenters. The maximum absolute atomic E-state index is 11.0. The first-order valence-corrected chi connectivity index (χ1v) is 8.25. The third-order valence-corrected chi connectivity index (χ3v) is 3.00. The van der Waals surface area contributed by atoms with Crippen LogP contribution in [0.5, 0.6) is 0 Å². The first-order valence-electron chi connectivity index (χ1n) is 8.25. The van der Waals surface area contributed by atoms with E-state index in [0.29, 0.717) is 5.57 Å². The molecule has 0 spiro atoms. The Balaban J connectivity index is 0. The summed E-state index contributed by atoms with van der Waals surface area (Å²) in [7, 11) is 0. The maximum Gasteiger partial charge on any atom is 0.169 e. The zero-order valence-electron chi connectivity index (χ0n) is 15.8. The van der Waals surface area contributed by atoms with Crippen LogP contribution in [0.15, 0.2) is 48.8 Å². The topological polar surface area (TPSA) is 52.0 Å². The van der Waals surface area contributed by atoms with Crippen LogP contribution >= 0.6 is 0 Å². The molecule has 1 aromatic rings. The van der Waals surface area contributed by atoms with Crippen molar-refractivity contribution in [2.75, 3.05) is 6.54 Å². The predicted molar refractivity (Wildman–Crippen MR) is 100 cm³/mol. The molecule has 0 saturated carbocycles. The monoisotopic (exact) mass is 332 g/mol. The Kier molecular flexibility index (Phi) is 15.5. The molecular formula is C20H32N2O2+2. The Labute approximate surface area is 146 Å². The Morgan fingerprint density at radius 1 is 1.21 bits per heavy atom. The largest absolute Gasteiger partial charge is 0.295 e. The minimum atomic E-state index is 0.0718. The lowest BCUT2D eigenvalue weighted by atomic mass is 10.2. The number of nitrogens with one attached hydrogen (secondary N) is 1. The fourth-order valence-electron chi connectivity index (χ4n) is 1.69. The van der Waals surface area contributed by atoms with Gasteiger partial charge in [-0.25, -0.2) is 4.57 Å². The van der Waals surface area contributed by atoms with Crippen LogP contribution in [0.2, 0.25) is 0 Å². The summed E-state index contributed by atoms with van der Waals surface area (Å²) in [6.07, 6.45) is 8.20. The van der Waals surface area contributed by atoms with Crippen LogP contribution in [0, 0.1) is 0 Å². The van der Waals surface area contributed by atoms with Crippen LogP contribution in [0.3, 0.4) is 0 Å². The van der Waals surface area contributed by atoms with Crippen LogP contribution in [0.1, 0.15) is 51.4 Å². The molecule has 0 fully saturated rings. The van der Waals surface area contributed by atoms with Gasteiger partial charge >= 0.3 is 0 Å². The number of rotatable bonds is 7. The molecule has 0 saturated heterocycles. The molecule has 0 aromatic carbocycles. The lowest BCUT2D eigenvalue weighted by molar-refractivity contribution is -0.700. The van der Waals surface area contributed by atoms with Crippen molar-refractivity contribution in [2.45, 2.75) is 47.6 Å². The SMILES string of the molecule is C=C/C(=C\C)C(C)=O.C=[NH+]CCC[n+]1ccc(C(C)=O)cc1.CC. The molecule has 1 heterocycles. The third kappa shape index (κ3) is 11.2. The van der Waals surface area contributed by atoms with Gasteiger partial charge in [-0.15, -0.1) is 0 Å². The molecule has 0 amide bonds. The highest BCUT2D eigenvalue weighted by Crippen LogP contribution is 1.95. The van der Waals surface area contributed by atoms with Crippen molar-refractivity contribution in [2.24, 2.45) is 0 Å². The van der Waals surface area contributed by atoms with Crippen molar-refractivity contribution < 1.29 is 19.1 Å². The van der Waals surface area contributed by atoms with Gasteiger partial charge in [0.1, 0.15) is 13.3 Å². The van der Waals surface area contributed by atoms with E-state index in [4.69, 9.17) is 0 Å². The van der Waals surface area contributed by atoms with E-state index in [1.807, 2.05) is 45.3 Å². The molecule has 1 aromatic heterocycles. The number of aromatic nitrogens is 1. The zero-order valence-corrected chi connectivity index (χ0v) is 15.8. The fourth-order valence-corrected chi connectivity index (χ4v) is 1.69. The Morgan fingerprint density at radius 3 is 2.04 bits per heavy atom. The molecule has 0 atom stereocenters. The van der Waals surface area contributed by atoms with Gasteiger partial charge in [-0.05, 0) is 20.8 Å². The molecular weight excluding hydrogens is 300 g/mol. The minimum Gasteiger partial charge on any atom is -0.295 e. The van der Waals surface area contributed by atoms with Gasteiger partial charge in [0, 0.05) is 23.3 Å². The predicted octanol–water partition coefficient (Wildman–Crippen LogP) is 2.08. The average molecular weight is 332 g/mol. The van der Waals surface area contributed by atoms with Gasteiger partial charge in [0.2, 0.25) is 0 Å². The normalized spacial score (nSPS) is 9.62. The van der Waals surface area contributed by atoms with Crippen LogP contribution in [0.4, 0.5) is 0 Å². The average Bonchev–Trinajstić information content (AvgIpc) is 2.59. The molecule has 0 aliphatic carbocycles. The van der Waals surface area contributed by atoms with Gasteiger partial charge in [0.05, 0.1) is 6.42 Å².